The van der Waals surface area contributed by atoms with E-state index in [4.69, 9.17) is 0 Å². The minimum atomic E-state index is -0.893. The Bertz CT molecular complexity index is 759. The van der Waals surface area contributed by atoms with E-state index in [2.05, 4.69) is 19.1 Å². The predicted molar refractivity (Wildman–Crippen MR) is 79.2 cm³/mol. The summed E-state index contributed by atoms with van der Waals surface area (Å²) in [6.45, 7) is 2.08. The van der Waals surface area contributed by atoms with Crippen LogP contribution < -0.4 is 0 Å². The quantitative estimate of drug-likeness (QED) is 0.779. The average Bonchev–Trinajstić information content (AvgIpc) is 2.91. The molecule has 20 heavy (non-hydrogen) atoms. The van der Waals surface area contributed by atoms with E-state index in [0.717, 1.165) is 16.5 Å². The molecule has 0 aliphatic carbocycles. The Hall–Kier alpha value is -2.55. The van der Waals surface area contributed by atoms with E-state index in [1.165, 1.54) is 0 Å². The van der Waals surface area contributed by atoms with Crippen molar-refractivity contribution in [3.8, 4) is 0 Å². The van der Waals surface area contributed by atoms with Crippen molar-refractivity contribution in [3.05, 3.63) is 71.9 Å². The molecule has 1 aromatic heterocycles. The number of hydrogen-bond donors (Lipinski definition) is 1. The van der Waals surface area contributed by atoms with Crippen LogP contribution in [0.4, 0.5) is 0 Å². The molecule has 2 aromatic carbocycles. The average molecular weight is 265 g/mol. The highest BCUT2D eigenvalue weighted by molar-refractivity contribution is 6.02. The summed E-state index contributed by atoms with van der Waals surface area (Å²) >= 11 is 0. The van der Waals surface area contributed by atoms with E-state index in [1.807, 2.05) is 41.1 Å². The van der Waals surface area contributed by atoms with E-state index in [9.17, 15) is 9.90 Å². The first-order chi connectivity index (χ1) is 9.68. The first kappa shape index (κ1) is 12.5. The molecule has 1 atom stereocenters. The van der Waals surface area contributed by atoms with Crippen LogP contribution in [0.5, 0.6) is 0 Å². The molecule has 0 amide bonds. The lowest BCUT2D eigenvalue weighted by Gasteiger charge is -2.16. The summed E-state index contributed by atoms with van der Waals surface area (Å²) in [5.74, 6) is -0.893. The molecule has 0 aliphatic heterocycles. The van der Waals surface area contributed by atoms with Crippen molar-refractivity contribution in [2.45, 2.75) is 13.0 Å². The maximum absolute atomic E-state index is 11.4. The third-order valence-electron chi connectivity index (χ3n) is 3.67. The van der Waals surface area contributed by atoms with Gasteiger partial charge in [0.05, 0.1) is 17.1 Å². The Morgan fingerprint density at radius 2 is 1.80 bits per heavy atom. The van der Waals surface area contributed by atoms with Gasteiger partial charge in [-0.3, -0.25) is 0 Å². The van der Waals surface area contributed by atoms with Crippen LogP contribution in [0, 0.1) is 0 Å². The standard InChI is InChI=1S/C17H15NO2/c1-12(13-6-3-2-4-7-13)18-11-10-14-8-5-9-15(16(14)18)17(19)20/h2-12H,1H3,(H,19,20). The van der Waals surface area contributed by atoms with E-state index in [0.29, 0.717) is 5.56 Å². The molecule has 3 aromatic rings. The fourth-order valence-electron chi connectivity index (χ4n) is 2.61. The largest absolute Gasteiger partial charge is 0.478 e. The highest BCUT2D eigenvalue weighted by Gasteiger charge is 2.16. The summed E-state index contributed by atoms with van der Waals surface area (Å²) in [6, 6.07) is 17.5. The lowest BCUT2D eigenvalue weighted by molar-refractivity contribution is 0.0698. The van der Waals surface area contributed by atoms with Gasteiger partial charge in [-0.25, -0.2) is 4.79 Å². The van der Waals surface area contributed by atoms with Crippen LogP contribution in [0.2, 0.25) is 0 Å². The second kappa shape index (κ2) is 4.85. The maximum atomic E-state index is 11.4. The molecule has 0 fully saturated rings. The predicted octanol–water partition coefficient (Wildman–Crippen LogP) is 3.95. The van der Waals surface area contributed by atoms with Gasteiger partial charge in [0.2, 0.25) is 0 Å². The van der Waals surface area contributed by atoms with E-state index < -0.39 is 5.97 Å². The van der Waals surface area contributed by atoms with Crippen LogP contribution in [0.15, 0.2) is 60.8 Å². The van der Waals surface area contributed by atoms with E-state index in [-0.39, 0.29) is 6.04 Å². The molecule has 1 heterocycles. The highest BCUT2D eigenvalue weighted by Crippen LogP contribution is 2.27. The molecule has 0 saturated carbocycles. The Morgan fingerprint density at radius 3 is 2.50 bits per heavy atom. The number of carboxylic acids is 1. The molecule has 3 heteroatoms. The number of para-hydroxylation sites is 1. The Kier molecular flexibility index (Phi) is 3.03. The number of aromatic carboxylic acids is 1. The maximum Gasteiger partial charge on any atom is 0.337 e. The smallest absolute Gasteiger partial charge is 0.337 e. The molecular formula is C17H15NO2. The fraction of sp³-hybridized carbons (Fsp3) is 0.118. The SMILES string of the molecule is CC(c1ccccc1)n1ccc2cccc(C(=O)O)c21. The topological polar surface area (TPSA) is 42.2 Å². The zero-order valence-corrected chi connectivity index (χ0v) is 11.2. The number of carbonyl (C=O) groups is 1. The minimum absolute atomic E-state index is 0.0919. The Labute approximate surface area is 117 Å². The van der Waals surface area contributed by atoms with E-state index >= 15 is 0 Å². The van der Waals surface area contributed by atoms with E-state index in [1.54, 1.807) is 12.1 Å². The molecule has 3 rings (SSSR count). The van der Waals surface area contributed by atoms with Gasteiger partial charge in [-0.2, -0.15) is 0 Å². The number of rotatable bonds is 3. The molecule has 1 N–H and O–H groups in total. The van der Waals surface area contributed by atoms with Gasteiger partial charge in [0.15, 0.2) is 0 Å². The number of fused-ring (bicyclic) bond motifs is 1. The molecular weight excluding hydrogens is 250 g/mol. The third-order valence-corrected chi connectivity index (χ3v) is 3.67. The van der Waals surface area contributed by atoms with Crippen molar-refractivity contribution in [2.24, 2.45) is 0 Å². The first-order valence-electron chi connectivity index (χ1n) is 6.56. The van der Waals surface area contributed by atoms with Crippen molar-refractivity contribution in [1.29, 1.82) is 0 Å². The number of nitrogens with zero attached hydrogens (tertiary/aromatic N) is 1. The van der Waals surface area contributed by atoms with Crippen molar-refractivity contribution < 1.29 is 9.90 Å². The Balaban J connectivity index is 2.20. The molecule has 100 valence electrons. The zero-order valence-electron chi connectivity index (χ0n) is 11.2. The summed E-state index contributed by atoms with van der Waals surface area (Å²) < 4.78 is 2.02. The third kappa shape index (κ3) is 1.97. The molecule has 0 radical (unpaired) electrons. The highest BCUT2D eigenvalue weighted by atomic mass is 16.4. The first-order valence-corrected chi connectivity index (χ1v) is 6.56. The van der Waals surface area contributed by atoms with Crippen LogP contribution in [0.25, 0.3) is 10.9 Å². The van der Waals surface area contributed by atoms with Crippen LogP contribution in [-0.2, 0) is 0 Å². The van der Waals surface area contributed by atoms with Crippen LogP contribution in [0.3, 0.4) is 0 Å². The summed E-state index contributed by atoms with van der Waals surface area (Å²) in [5.41, 5.74) is 2.27. The van der Waals surface area contributed by atoms with Crippen molar-refractivity contribution in [1.82, 2.24) is 4.57 Å². The lowest BCUT2D eigenvalue weighted by atomic mass is 10.1. The van der Waals surface area contributed by atoms with Crippen LogP contribution in [0.1, 0.15) is 28.9 Å². The summed E-state index contributed by atoms with van der Waals surface area (Å²) in [4.78, 5) is 11.4. The zero-order chi connectivity index (χ0) is 14.1. The second-order valence-corrected chi connectivity index (χ2v) is 4.86. The number of hydrogen-bond acceptors (Lipinski definition) is 1. The van der Waals surface area contributed by atoms with Gasteiger partial charge in [-0.15, -0.1) is 0 Å². The van der Waals surface area contributed by atoms with Crippen molar-refractivity contribution in [2.75, 3.05) is 0 Å². The molecule has 3 nitrogen and oxygen atoms in total. The molecule has 0 spiro atoms. The number of aromatic nitrogens is 1. The van der Waals surface area contributed by atoms with Gasteiger partial charge in [0.1, 0.15) is 0 Å². The normalized spacial score (nSPS) is 12.4. The van der Waals surface area contributed by atoms with Gasteiger partial charge in [-0.1, -0.05) is 42.5 Å². The monoisotopic (exact) mass is 265 g/mol. The lowest BCUT2D eigenvalue weighted by Crippen LogP contribution is -2.08. The molecule has 0 aliphatic rings. The van der Waals surface area contributed by atoms with Gasteiger partial charge in [-0.05, 0) is 24.6 Å². The summed E-state index contributed by atoms with van der Waals surface area (Å²) in [5, 5.41) is 10.3. The van der Waals surface area contributed by atoms with Gasteiger partial charge >= 0.3 is 5.97 Å². The van der Waals surface area contributed by atoms with Crippen LogP contribution >= 0.6 is 0 Å². The Morgan fingerprint density at radius 1 is 1.05 bits per heavy atom. The fourth-order valence-corrected chi connectivity index (χ4v) is 2.61. The molecule has 0 saturated heterocycles. The number of benzene rings is 2. The molecule has 0 bridgehead atoms. The second-order valence-electron chi connectivity index (χ2n) is 4.86. The summed E-state index contributed by atoms with van der Waals surface area (Å²) in [7, 11) is 0. The van der Waals surface area contributed by atoms with Gasteiger partial charge in [0, 0.05) is 11.6 Å². The molecule has 1 unspecified atom stereocenters. The van der Waals surface area contributed by atoms with Crippen LogP contribution in [-0.4, -0.2) is 15.6 Å². The van der Waals surface area contributed by atoms with Crippen molar-refractivity contribution >= 4 is 16.9 Å². The summed E-state index contributed by atoms with van der Waals surface area (Å²) in [6.07, 6.45) is 1.95. The van der Waals surface area contributed by atoms with Gasteiger partial charge < -0.3 is 9.67 Å². The van der Waals surface area contributed by atoms with Gasteiger partial charge in [0.25, 0.3) is 0 Å². The number of carboxylic acid groups (broad SMARTS) is 1. The van der Waals surface area contributed by atoms with Crippen molar-refractivity contribution in [3.63, 3.8) is 0 Å². The minimum Gasteiger partial charge on any atom is -0.478 e.